The largest absolute Gasteiger partial charge is 0.0683 e. The van der Waals surface area contributed by atoms with E-state index in [2.05, 4.69) is 90.1 Å². The molecule has 0 bridgehead atoms. The van der Waals surface area contributed by atoms with Crippen molar-refractivity contribution in [1.29, 1.82) is 0 Å². The molecule has 0 spiro atoms. The molecule has 0 nitrogen and oxygen atoms in total. The molecular formula is C26H40. The number of fused-ring (bicyclic) bond motifs is 1. The quantitative estimate of drug-likeness (QED) is 0.379. The molecule has 3 aromatic rings. The molecule has 0 aliphatic heterocycles. The Balaban J connectivity index is 0. The van der Waals surface area contributed by atoms with E-state index >= 15 is 0 Å². The van der Waals surface area contributed by atoms with Crippen LogP contribution >= 0.6 is 0 Å². The van der Waals surface area contributed by atoms with Crippen molar-refractivity contribution in [2.45, 2.75) is 55.4 Å². The van der Waals surface area contributed by atoms with E-state index in [4.69, 9.17) is 0 Å². The van der Waals surface area contributed by atoms with Crippen LogP contribution in [-0.2, 0) is 0 Å². The molecule has 0 fully saturated rings. The van der Waals surface area contributed by atoms with Gasteiger partial charge in [0.05, 0.1) is 0 Å². The molecule has 0 aromatic heterocycles. The van der Waals surface area contributed by atoms with Gasteiger partial charge >= 0.3 is 0 Å². The highest BCUT2D eigenvalue weighted by Crippen LogP contribution is 2.11. The highest BCUT2D eigenvalue weighted by molar-refractivity contribution is 5.81. The Morgan fingerprint density at radius 3 is 0.692 bits per heavy atom. The smallest absolute Gasteiger partial charge is 0.0184 e. The SMILES string of the molecule is CC.CC(C)C.CC(C)C.c1ccc2ccccc2c1.c1ccccc1. The van der Waals surface area contributed by atoms with Crippen LogP contribution in [0.1, 0.15) is 55.4 Å². The molecule has 0 aliphatic carbocycles. The number of hydrogen-bond donors (Lipinski definition) is 0. The maximum Gasteiger partial charge on any atom is -0.0184 e. The fraction of sp³-hybridized carbons (Fsp3) is 0.385. The average molecular weight is 353 g/mol. The van der Waals surface area contributed by atoms with Crippen LogP contribution in [0.3, 0.4) is 0 Å². The van der Waals surface area contributed by atoms with E-state index in [1.807, 2.05) is 50.2 Å². The van der Waals surface area contributed by atoms with Crippen molar-refractivity contribution in [2.24, 2.45) is 11.8 Å². The summed E-state index contributed by atoms with van der Waals surface area (Å²) >= 11 is 0. The van der Waals surface area contributed by atoms with Gasteiger partial charge in [0, 0.05) is 0 Å². The molecule has 3 aromatic carbocycles. The van der Waals surface area contributed by atoms with Gasteiger partial charge < -0.3 is 0 Å². The molecule has 0 aliphatic rings. The molecule has 0 heterocycles. The lowest BCUT2D eigenvalue weighted by atomic mass is 10.1. The highest BCUT2D eigenvalue weighted by atomic mass is 13.9. The van der Waals surface area contributed by atoms with Crippen molar-refractivity contribution < 1.29 is 0 Å². The molecule has 0 saturated carbocycles. The summed E-state index contributed by atoms with van der Waals surface area (Å²) in [6.07, 6.45) is 0. The maximum absolute atomic E-state index is 2.17. The summed E-state index contributed by atoms with van der Waals surface area (Å²) in [5.74, 6) is 1.67. The van der Waals surface area contributed by atoms with Crippen LogP contribution in [0.5, 0.6) is 0 Å². The summed E-state index contributed by atoms with van der Waals surface area (Å²) in [7, 11) is 0. The van der Waals surface area contributed by atoms with Crippen LogP contribution in [0, 0.1) is 11.8 Å². The third kappa shape index (κ3) is 20.0. The predicted octanol–water partition coefficient (Wildman–Crippen LogP) is 8.88. The Hall–Kier alpha value is -2.08. The minimum absolute atomic E-state index is 0.833. The van der Waals surface area contributed by atoms with Crippen molar-refractivity contribution >= 4 is 10.8 Å². The van der Waals surface area contributed by atoms with E-state index in [9.17, 15) is 0 Å². The molecule has 0 heteroatoms. The second kappa shape index (κ2) is 19.2. The third-order valence-corrected chi connectivity index (χ3v) is 2.33. The van der Waals surface area contributed by atoms with E-state index in [0.29, 0.717) is 0 Å². The molecule has 0 saturated heterocycles. The van der Waals surface area contributed by atoms with Gasteiger partial charge in [-0.15, -0.1) is 0 Å². The van der Waals surface area contributed by atoms with Gasteiger partial charge in [-0.3, -0.25) is 0 Å². The van der Waals surface area contributed by atoms with Crippen molar-refractivity contribution in [3.63, 3.8) is 0 Å². The zero-order chi connectivity index (χ0) is 20.2. The number of benzene rings is 3. The lowest BCUT2D eigenvalue weighted by molar-refractivity contribution is 0.736. The molecule has 0 radical (unpaired) electrons. The average Bonchev–Trinajstić information content (AvgIpc) is 2.65. The van der Waals surface area contributed by atoms with E-state index in [1.165, 1.54) is 10.8 Å². The molecule has 0 N–H and O–H groups in total. The Morgan fingerprint density at radius 1 is 0.385 bits per heavy atom. The second-order valence-corrected chi connectivity index (χ2v) is 6.97. The van der Waals surface area contributed by atoms with Crippen molar-refractivity contribution in [3.8, 4) is 0 Å². The lowest BCUT2D eigenvalue weighted by Crippen LogP contribution is -1.67. The monoisotopic (exact) mass is 352 g/mol. The van der Waals surface area contributed by atoms with Crippen LogP contribution in [-0.4, -0.2) is 0 Å². The van der Waals surface area contributed by atoms with E-state index in [0.717, 1.165) is 11.8 Å². The first-order chi connectivity index (χ1) is 12.4. The van der Waals surface area contributed by atoms with Crippen LogP contribution in [0.2, 0.25) is 0 Å². The van der Waals surface area contributed by atoms with Gasteiger partial charge in [0.25, 0.3) is 0 Å². The topological polar surface area (TPSA) is 0 Å². The highest BCUT2D eigenvalue weighted by Gasteiger charge is 1.85. The fourth-order valence-electron chi connectivity index (χ4n) is 1.52. The first-order valence-corrected chi connectivity index (χ1v) is 9.87. The minimum Gasteiger partial charge on any atom is -0.0683 e. The van der Waals surface area contributed by atoms with Crippen LogP contribution in [0.4, 0.5) is 0 Å². The second-order valence-electron chi connectivity index (χ2n) is 6.97. The first-order valence-electron chi connectivity index (χ1n) is 9.87. The molecular weight excluding hydrogens is 312 g/mol. The van der Waals surface area contributed by atoms with Gasteiger partial charge in [0.2, 0.25) is 0 Å². The Labute approximate surface area is 163 Å². The van der Waals surface area contributed by atoms with Gasteiger partial charge in [-0.05, 0) is 22.6 Å². The van der Waals surface area contributed by atoms with Crippen LogP contribution < -0.4 is 0 Å². The van der Waals surface area contributed by atoms with Gasteiger partial charge in [-0.2, -0.15) is 0 Å². The Bertz CT molecular complexity index is 505. The minimum atomic E-state index is 0.833. The van der Waals surface area contributed by atoms with Gasteiger partial charge in [-0.25, -0.2) is 0 Å². The molecule has 144 valence electrons. The predicted molar refractivity (Wildman–Crippen MR) is 123 cm³/mol. The molecule has 0 atom stereocenters. The first kappa shape index (κ1) is 26.2. The van der Waals surface area contributed by atoms with Crippen LogP contribution in [0.25, 0.3) is 10.8 Å². The summed E-state index contributed by atoms with van der Waals surface area (Å²) in [5, 5.41) is 2.62. The zero-order valence-electron chi connectivity index (χ0n) is 18.2. The summed E-state index contributed by atoms with van der Waals surface area (Å²) in [5.41, 5.74) is 0. The fourth-order valence-corrected chi connectivity index (χ4v) is 1.52. The van der Waals surface area contributed by atoms with Crippen LogP contribution in [0.15, 0.2) is 84.9 Å². The van der Waals surface area contributed by atoms with Crippen molar-refractivity contribution in [2.75, 3.05) is 0 Å². The van der Waals surface area contributed by atoms with Gasteiger partial charge in [0.15, 0.2) is 0 Å². The van der Waals surface area contributed by atoms with E-state index < -0.39 is 0 Å². The summed E-state index contributed by atoms with van der Waals surface area (Å²) in [4.78, 5) is 0. The summed E-state index contributed by atoms with van der Waals surface area (Å²) in [6.45, 7) is 17.0. The lowest BCUT2D eigenvalue weighted by Gasteiger charge is -1.92. The van der Waals surface area contributed by atoms with Gasteiger partial charge in [-0.1, -0.05) is 140 Å². The zero-order valence-corrected chi connectivity index (χ0v) is 18.2. The van der Waals surface area contributed by atoms with Gasteiger partial charge in [0.1, 0.15) is 0 Å². The molecule has 0 unspecified atom stereocenters. The van der Waals surface area contributed by atoms with Crippen molar-refractivity contribution in [3.05, 3.63) is 84.9 Å². The van der Waals surface area contributed by atoms with E-state index in [-0.39, 0.29) is 0 Å². The normalized spacial score (nSPS) is 8.69. The Kier molecular flexibility index (Phi) is 19.4. The molecule has 26 heavy (non-hydrogen) atoms. The van der Waals surface area contributed by atoms with E-state index in [1.54, 1.807) is 0 Å². The number of rotatable bonds is 0. The molecule has 0 amide bonds. The van der Waals surface area contributed by atoms with Crippen molar-refractivity contribution in [1.82, 2.24) is 0 Å². The standard InChI is InChI=1S/C10H8.C6H6.2C4H10.C2H6/c1-2-6-10-8-4-3-7-9(10)5-1;1-2-4-6-5-3-1;2*1-4(2)3;1-2/h1-8H;1-6H;2*4H,1-3H3;1-2H3. The third-order valence-electron chi connectivity index (χ3n) is 2.33. The maximum atomic E-state index is 2.17. The molecule has 3 rings (SSSR count). The summed E-state index contributed by atoms with van der Waals surface area (Å²) in [6, 6.07) is 28.7. The number of hydrogen-bond acceptors (Lipinski definition) is 0. The Morgan fingerprint density at radius 2 is 0.538 bits per heavy atom. The summed E-state index contributed by atoms with van der Waals surface area (Å²) < 4.78 is 0.